The second-order valence-corrected chi connectivity index (χ2v) is 8.43. The van der Waals surface area contributed by atoms with Crippen LogP contribution in [-0.2, 0) is 0 Å². The zero-order valence-electron chi connectivity index (χ0n) is 19.0. The van der Waals surface area contributed by atoms with Crippen molar-refractivity contribution in [1.29, 1.82) is 0 Å². The highest BCUT2D eigenvalue weighted by atomic mass is 35.5. The third kappa shape index (κ3) is 4.22. The van der Waals surface area contributed by atoms with Crippen LogP contribution in [0.4, 0.5) is 0 Å². The fourth-order valence-electron chi connectivity index (χ4n) is 3.92. The van der Waals surface area contributed by atoms with Crippen LogP contribution in [0.15, 0.2) is 67.3 Å². The zero-order chi connectivity index (χ0) is 24.7. The van der Waals surface area contributed by atoms with Gasteiger partial charge in [0.25, 0.3) is 0 Å². The zero-order valence-corrected chi connectivity index (χ0v) is 19.7. The first-order chi connectivity index (χ1) is 16.8. The monoisotopic (exact) mass is 490 g/mol. The molecule has 1 aromatic carbocycles. The first kappa shape index (κ1) is 22.5. The Morgan fingerprint density at radius 3 is 2.69 bits per heavy atom. The van der Waals surface area contributed by atoms with Crippen molar-refractivity contribution in [2.75, 3.05) is 0 Å². The fraction of sp³-hybridized carbons (Fsp3) is 0.160. The van der Waals surface area contributed by atoms with Crippen LogP contribution in [0.5, 0.6) is 5.75 Å². The van der Waals surface area contributed by atoms with E-state index < -0.39 is 11.9 Å². The van der Waals surface area contributed by atoms with Crippen molar-refractivity contribution in [1.82, 2.24) is 20.1 Å². The average Bonchev–Trinajstić information content (AvgIpc) is 3.29. The van der Waals surface area contributed by atoms with Crippen molar-refractivity contribution in [2.24, 2.45) is 0 Å². The van der Waals surface area contributed by atoms with Gasteiger partial charge in [-0.05, 0) is 62.7 Å². The van der Waals surface area contributed by atoms with Gasteiger partial charge >= 0.3 is 5.76 Å². The maximum atomic E-state index is 13.3. The van der Waals surface area contributed by atoms with Gasteiger partial charge in [0.2, 0.25) is 5.82 Å². The molecule has 0 fully saturated rings. The topological polar surface area (TPSA) is 124 Å². The number of hydrogen-bond donors (Lipinski definition) is 1. The molecule has 0 aliphatic carbocycles. The molecule has 0 radical (unpaired) electrons. The minimum absolute atomic E-state index is 0.0785. The SMILES string of the molecule is Cc1cc([C@@H](C)Oc2ccc(Cl)nc2-c2noc(=O)[nH]2)c2oc(-c3cccnc3)c(C)c(=O)c2c1. The molecule has 176 valence electrons. The third-order valence-electron chi connectivity index (χ3n) is 5.55. The average molecular weight is 491 g/mol. The lowest BCUT2D eigenvalue weighted by molar-refractivity contribution is 0.227. The molecule has 0 spiro atoms. The van der Waals surface area contributed by atoms with Crippen molar-refractivity contribution in [2.45, 2.75) is 26.9 Å². The summed E-state index contributed by atoms with van der Waals surface area (Å²) < 4.78 is 17.1. The standard InChI is InChI=1S/C25H19ClN4O5/c1-12-9-16(14(3)33-18-6-7-19(26)28-20(18)24-29-25(32)35-30-24)23-17(10-12)21(31)13(2)22(34-23)15-5-4-8-27-11-15/h4-11,14H,1-3H3,(H,29,30,32)/t14-/m1/s1. The number of H-pyrrole nitrogens is 1. The molecular formula is C25H19ClN4O5. The molecule has 0 saturated carbocycles. The van der Waals surface area contributed by atoms with Gasteiger partial charge in [0.05, 0.1) is 5.39 Å². The Balaban J connectivity index is 1.65. The van der Waals surface area contributed by atoms with Crippen molar-refractivity contribution in [3.8, 4) is 28.6 Å². The second-order valence-electron chi connectivity index (χ2n) is 8.04. The Hall–Kier alpha value is -4.24. The number of aromatic nitrogens is 4. The number of halogens is 1. The highest BCUT2D eigenvalue weighted by Gasteiger charge is 2.22. The Labute approximate surface area is 203 Å². The van der Waals surface area contributed by atoms with Gasteiger partial charge in [0.1, 0.15) is 28.3 Å². The van der Waals surface area contributed by atoms with Crippen molar-refractivity contribution in [3.05, 3.63) is 91.4 Å². The maximum absolute atomic E-state index is 13.3. The van der Waals surface area contributed by atoms with E-state index in [0.29, 0.717) is 39.2 Å². The second kappa shape index (κ2) is 8.84. The molecule has 5 rings (SSSR count). The largest absolute Gasteiger partial charge is 0.483 e. The number of fused-ring (bicyclic) bond motifs is 1. The lowest BCUT2D eigenvalue weighted by Crippen LogP contribution is -2.12. The first-order valence-corrected chi connectivity index (χ1v) is 11.1. The quantitative estimate of drug-likeness (QED) is 0.341. The number of ether oxygens (including phenoxy) is 1. The molecule has 0 bridgehead atoms. The molecule has 0 unspecified atom stereocenters. The summed E-state index contributed by atoms with van der Waals surface area (Å²) in [5.41, 5.74) is 3.22. The van der Waals surface area contributed by atoms with Gasteiger partial charge in [-0.2, -0.15) is 0 Å². The number of hydrogen-bond acceptors (Lipinski definition) is 8. The Morgan fingerprint density at radius 1 is 1.14 bits per heavy atom. The van der Waals surface area contributed by atoms with Crippen molar-refractivity contribution < 1.29 is 13.7 Å². The number of benzene rings is 1. The highest BCUT2D eigenvalue weighted by molar-refractivity contribution is 6.29. The summed E-state index contributed by atoms with van der Waals surface area (Å²) in [6.45, 7) is 5.45. The Kier molecular flexibility index (Phi) is 5.70. The summed E-state index contributed by atoms with van der Waals surface area (Å²) in [6, 6.07) is 10.5. The van der Waals surface area contributed by atoms with Gasteiger partial charge in [-0.1, -0.05) is 16.8 Å². The normalized spacial score (nSPS) is 12.1. The molecule has 0 aliphatic rings. The lowest BCUT2D eigenvalue weighted by Gasteiger charge is -2.19. The number of nitrogens with zero attached hydrogens (tertiary/aromatic N) is 3. The summed E-state index contributed by atoms with van der Waals surface area (Å²) in [5, 5.41) is 4.33. The smallest absolute Gasteiger partial charge is 0.439 e. The van der Waals surface area contributed by atoms with Gasteiger partial charge in [0, 0.05) is 29.1 Å². The highest BCUT2D eigenvalue weighted by Crippen LogP contribution is 2.35. The van der Waals surface area contributed by atoms with E-state index in [1.807, 2.05) is 26.0 Å². The van der Waals surface area contributed by atoms with Gasteiger partial charge < -0.3 is 9.15 Å². The number of aryl methyl sites for hydroxylation is 1. The molecular weight excluding hydrogens is 472 g/mol. The molecule has 0 amide bonds. The van der Waals surface area contributed by atoms with E-state index in [-0.39, 0.29) is 22.1 Å². The summed E-state index contributed by atoms with van der Waals surface area (Å²) in [7, 11) is 0. The molecule has 10 heteroatoms. The molecule has 1 atom stereocenters. The third-order valence-corrected chi connectivity index (χ3v) is 5.76. The van der Waals surface area contributed by atoms with Gasteiger partial charge in [-0.3, -0.25) is 19.3 Å². The first-order valence-electron chi connectivity index (χ1n) is 10.7. The summed E-state index contributed by atoms with van der Waals surface area (Å²) in [5.74, 6) is 0.102. The van der Waals surface area contributed by atoms with Gasteiger partial charge in [-0.25, -0.2) is 9.78 Å². The summed E-state index contributed by atoms with van der Waals surface area (Å²) in [6.07, 6.45) is 2.72. The minimum atomic E-state index is -0.731. The van der Waals surface area contributed by atoms with Crippen LogP contribution in [-0.4, -0.2) is 20.1 Å². The van der Waals surface area contributed by atoms with Gasteiger partial charge in [-0.15, -0.1) is 0 Å². The van der Waals surface area contributed by atoms with E-state index in [4.69, 9.17) is 20.8 Å². The van der Waals surface area contributed by atoms with Crippen LogP contribution < -0.4 is 15.9 Å². The van der Waals surface area contributed by atoms with Gasteiger partial charge in [0.15, 0.2) is 11.1 Å². The maximum Gasteiger partial charge on any atom is 0.439 e. The molecule has 9 nitrogen and oxygen atoms in total. The molecule has 0 saturated heterocycles. The number of aromatic amines is 1. The number of pyridine rings is 2. The number of rotatable bonds is 5. The van der Waals surface area contributed by atoms with Crippen molar-refractivity contribution in [3.63, 3.8) is 0 Å². The van der Waals surface area contributed by atoms with E-state index in [1.165, 1.54) is 0 Å². The molecule has 35 heavy (non-hydrogen) atoms. The van der Waals surface area contributed by atoms with E-state index in [1.54, 1.807) is 43.6 Å². The molecule has 0 aliphatic heterocycles. The van der Waals surface area contributed by atoms with Crippen LogP contribution in [0.3, 0.4) is 0 Å². The van der Waals surface area contributed by atoms with Crippen molar-refractivity contribution >= 4 is 22.6 Å². The number of nitrogens with one attached hydrogen (secondary N) is 1. The Bertz CT molecular complexity index is 1670. The predicted octanol–water partition coefficient (Wildman–Crippen LogP) is 5.00. The van der Waals surface area contributed by atoms with Crippen LogP contribution >= 0.6 is 11.6 Å². The van der Waals surface area contributed by atoms with Crippen LogP contribution in [0.1, 0.15) is 29.7 Å². The van der Waals surface area contributed by atoms with Crippen LogP contribution in [0.25, 0.3) is 33.8 Å². The fourth-order valence-corrected chi connectivity index (χ4v) is 4.06. The summed E-state index contributed by atoms with van der Waals surface area (Å²) in [4.78, 5) is 35.6. The van der Waals surface area contributed by atoms with E-state index >= 15 is 0 Å². The van der Waals surface area contributed by atoms with E-state index in [0.717, 1.165) is 5.56 Å². The molecule has 4 heterocycles. The summed E-state index contributed by atoms with van der Waals surface area (Å²) >= 11 is 6.06. The molecule has 1 N–H and O–H groups in total. The Morgan fingerprint density at radius 2 is 1.97 bits per heavy atom. The van der Waals surface area contributed by atoms with Crippen LogP contribution in [0.2, 0.25) is 5.15 Å². The predicted molar refractivity (Wildman–Crippen MR) is 130 cm³/mol. The van der Waals surface area contributed by atoms with E-state index in [2.05, 4.69) is 24.6 Å². The molecule has 4 aromatic heterocycles. The minimum Gasteiger partial charge on any atom is -0.483 e. The van der Waals surface area contributed by atoms with Crippen LogP contribution in [0, 0.1) is 13.8 Å². The lowest BCUT2D eigenvalue weighted by atomic mass is 10.0. The van der Waals surface area contributed by atoms with E-state index in [9.17, 15) is 9.59 Å². The molecule has 5 aromatic rings.